The summed E-state index contributed by atoms with van der Waals surface area (Å²) in [6.45, 7) is 11.4. The first kappa shape index (κ1) is 60.4. The molecule has 0 spiro atoms. The van der Waals surface area contributed by atoms with Crippen LogP contribution in [0.15, 0.2) is 0 Å². The summed E-state index contributed by atoms with van der Waals surface area (Å²) in [5, 5.41) is 0. The second-order valence-corrected chi connectivity index (χ2v) is 19.9. The average molecular weight is 877 g/mol. The zero-order valence-electron chi connectivity index (χ0n) is 42.5. The van der Waals surface area contributed by atoms with Gasteiger partial charge in [0.15, 0.2) is 6.10 Å². The zero-order chi connectivity index (χ0) is 45.4. The molecule has 0 aromatic heterocycles. The van der Waals surface area contributed by atoms with E-state index in [1.807, 2.05) is 0 Å². The standard InChI is InChI=1S/C56H108O6/c1-6-8-9-10-11-12-21-25-31-36-41-46-54(57)60-49-53(62-56(59)48-43-38-33-28-27-29-34-39-44-51(3)4)50-61-55(58)47-42-37-32-26-23-20-18-16-14-13-15-17-19-22-24-30-35-40-45-52(5)7-2/h51-53H,6-50H2,1-5H3/t52?,53-/m0/s1. The normalized spacial score (nSPS) is 12.5. The molecule has 1 unspecified atom stereocenters. The Morgan fingerprint density at radius 1 is 0.339 bits per heavy atom. The number of hydrogen-bond acceptors (Lipinski definition) is 6. The number of esters is 3. The van der Waals surface area contributed by atoms with Crippen molar-refractivity contribution in [2.24, 2.45) is 11.8 Å². The maximum Gasteiger partial charge on any atom is 0.306 e. The second-order valence-electron chi connectivity index (χ2n) is 19.9. The molecular formula is C56H108O6. The summed E-state index contributed by atoms with van der Waals surface area (Å²) in [5.41, 5.74) is 0. The van der Waals surface area contributed by atoms with Gasteiger partial charge in [-0.15, -0.1) is 0 Å². The first-order valence-corrected chi connectivity index (χ1v) is 27.8. The molecule has 6 nitrogen and oxygen atoms in total. The van der Waals surface area contributed by atoms with Crippen LogP contribution in [0.3, 0.4) is 0 Å². The van der Waals surface area contributed by atoms with Crippen molar-refractivity contribution in [1.82, 2.24) is 0 Å². The molecule has 0 aliphatic heterocycles. The van der Waals surface area contributed by atoms with Gasteiger partial charge in [-0.2, -0.15) is 0 Å². The highest BCUT2D eigenvalue weighted by Gasteiger charge is 2.19. The monoisotopic (exact) mass is 877 g/mol. The first-order chi connectivity index (χ1) is 30.3. The Labute approximate surface area is 387 Å². The van der Waals surface area contributed by atoms with E-state index in [1.54, 1.807) is 0 Å². The molecule has 2 atom stereocenters. The van der Waals surface area contributed by atoms with Crippen molar-refractivity contribution in [1.29, 1.82) is 0 Å². The van der Waals surface area contributed by atoms with Gasteiger partial charge in [0.25, 0.3) is 0 Å². The van der Waals surface area contributed by atoms with E-state index in [0.29, 0.717) is 19.3 Å². The summed E-state index contributed by atoms with van der Waals surface area (Å²) in [4.78, 5) is 38.0. The molecule has 0 fully saturated rings. The summed E-state index contributed by atoms with van der Waals surface area (Å²) in [5.74, 6) is 0.856. The third kappa shape index (κ3) is 47.9. The van der Waals surface area contributed by atoms with Crippen molar-refractivity contribution in [3.8, 4) is 0 Å². The Bertz CT molecular complexity index is 949. The summed E-state index contributed by atoms with van der Waals surface area (Å²) >= 11 is 0. The molecule has 0 saturated heterocycles. The van der Waals surface area contributed by atoms with E-state index in [-0.39, 0.29) is 31.1 Å². The molecule has 0 aromatic rings. The van der Waals surface area contributed by atoms with Crippen LogP contribution in [0.25, 0.3) is 0 Å². The quantitative estimate of drug-likeness (QED) is 0.0344. The highest BCUT2D eigenvalue weighted by Crippen LogP contribution is 2.18. The summed E-state index contributed by atoms with van der Waals surface area (Å²) in [6, 6.07) is 0. The Morgan fingerprint density at radius 2 is 0.613 bits per heavy atom. The number of unbranched alkanes of at least 4 members (excludes halogenated alkanes) is 34. The predicted molar refractivity (Wildman–Crippen MR) is 266 cm³/mol. The fourth-order valence-electron chi connectivity index (χ4n) is 8.49. The Morgan fingerprint density at radius 3 is 0.919 bits per heavy atom. The minimum Gasteiger partial charge on any atom is -0.462 e. The molecule has 0 rings (SSSR count). The minimum atomic E-state index is -0.762. The summed E-state index contributed by atoms with van der Waals surface area (Å²) in [6.07, 6.45) is 51.0. The van der Waals surface area contributed by atoms with Crippen LogP contribution in [0.5, 0.6) is 0 Å². The maximum absolute atomic E-state index is 12.8. The van der Waals surface area contributed by atoms with Crippen molar-refractivity contribution >= 4 is 17.9 Å². The van der Waals surface area contributed by atoms with Crippen molar-refractivity contribution in [3.63, 3.8) is 0 Å². The van der Waals surface area contributed by atoms with E-state index < -0.39 is 6.10 Å². The number of carbonyl (C=O) groups is 3. The summed E-state index contributed by atoms with van der Waals surface area (Å²) < 4.78 is 16.8. The van der Waals surface area contributed by atoms with Crippen LogP contribution in [-0.2, 0) is 28.6 Å². The lowest BCUT2D eigenvalue weighted by molar-refractivity contribution is -0.167. The molecule has 0 aromatic carbocycles. The Kier molecular flexibility index (Phi) is 47.6. The molecule has 0 N–H and O–H groups in total. The average Bonchev–Trinajstić information content (AvgIpc) is 3.26. The molecule has 368 valence electrons. The van der Waals surface area contributed by atoms with Crippen LogP contribution in [0.1, 0.15) is 311 Å². The lowest BCUT2D eigenvalue weighted by Crippen LogP contribution is -2.30. The van der Waals surface area contributed by atoms with Gasteiger partial charge >= 0.3 is 17.9 Å². The maximum atomic E-state index is 12.8. The van der Waals surface area contributed by atoms with Gasteiger partial charge in [0.05, 0.1) is 0 Å². The van der Waals surface area contributed by atoms with Crippen LogP contribution < -0.4 is 0 Å². The Balaban J connectivity index is 4.17. The van der Waals surface area contributed by atoms with E-state index in [1.165, 1.54) is 199 Å². The van der Waals surface area contributed by atoms with Gasteiger partial charge in [-0.1, -0.05) is 272 Å². The van der Waals surface area contributed by atoms with Crippen LogP contribution >= 0.6 is 0 Å². The van der Waals surface area contributed by atoms with Crippen molar-refractivity contribution in [2.75, 3.05) is 13.2 Å². The third-order valence-corrected chi connectivity index (χ3v) is 13.1. The second kappa shape index (κ2) is 48.9. The number of rotatable bonds is 50. The fraction of sp³-hybridized carbons (Fsp3) is 0.946. The number of carbonyl (C=O) groups excluding carboxylic acids is 3. The highest BCUT2D eigenvalue weighted by atomic mass is 16.6. The molecular weight excluding hydrogens is 769 g/mol. The van der Waals surface area contributed by atoms with E-state index in [9.17, 15) is 14.4 Å². The van der Waals surface area contributed by atoms with Gasteiger partial charge in [-0.25, -0.2) is 0 Å². The molecule has 0 radical (unpaired) electrons. The predicted octanol–water partition coefficient (Wildman–Crippen LogP) is 18.1. The van der Waals surface area contributed by atoms with Crippen molar-refractivity contribution in [3.05, 3.63) is 0 Å². The SMILES string of the molecule is CCCCCCCCCCCCCC(=O)OC[C@@H](COC(=O)CCCCCCCCCCCCCCCCCCCCC(C)CC)OC(=O)CCCCCCCCCCC(C)C. The molecule has 0 aliphatic carbocycles. The van der Waals surface area contributed by atoms with Gasteiger partial charge < -0.3 is 14.2 Å². The van der Waals surface area contributed by atoms with Gasteiger partial charge in [0, 0.05) is 19.3 Å². The van der Waals surface area contributed by atoms with Crippen LogP contribution in [0.2, 0.25) is 0 Å². The summed E-state index contributed by atoms with van der Waals surface area (Å²) in [7, 11) is 0. The molecule has 0 amide bonds. The molecule has 0 heterocycles. The lowest BCUT2D eigenvalue weighted by Gasteiger charge is -2.18. The van der Waals surface area contributed by atoms with Crippen LogP contribution in [0.4, 0.5) is 0 Å². The highest BCUT2D eigenvalue weighted by molar-refractivity contribution is 5.71. The van der Waals surface area contributed by atoms with Gasteiger partial charge in [-0.3, -0.25) is 14.4 Å². The molecule has 0 aliphatic rings. The van der Waals surface area contributed by atoms with E-state index in [0.717, 1.165) is 69.6 Å². The van der Waals surface area contributed by atoms with Crippen LogP contribution in [-0.4, -0.2) is 37.2 Å². The largest absolute Gasteiger partial charge is 0.462 e. The molecule has 6 heteroatoms. The van der Waals surface area contributed by atoms with Gasteiger partial charge in [0.2, 0.25) is 0 Å². The van der Waals surface area contributed by atoms with Gasteiger partial charge in [-0.05, 0) is 31.1 Å². The van der Waals surface area contributed by atoms with E-state index in [4.69, 9.17) is 14.2 Å². The Hall–Kier alpha value is -1.59. The zero-order valence-corrected chi connectivity index (χ0v) is 42.5. The van der Waals surface area contributed by atoms with Gasteiger partial charge in [0.1, 0.15) is 13.2 Å². The van der Waals surface area contributed by atoms with Crippen LogP contribution in [0, 0.1) is 11.8 Å². The number of ether oxygens (including phenoxy) is 3. The minimum absolute atomic E-state index is 0.0636. The van der Waals surface area contributed by atoms with E-state index in [2.05, 4.69) is 34.6 Å². The van der Waals surface area contributed by atoms with Crippen molar-refractivity contribution in [2.45, 2.75) is 317 Å². The third-order valence-electron chi connectivity index (χ3n) is 13.1. The fourth-order valence-corrected chi connectivity index (χ4v) is 8.49. The first-order valence-electron chi connectivity index (χ1n) is 27.8. The van der Waals surface area contributed by atoms with Crippen molar-refractivity contribution < 1.29 is 28.6 Å². The molecule has 62 heavy (non-hydrogen) atoms. The molecule has 0 saturated carbocycles. The smallest absolute Gasteiger partial charge is 0.306 e. The number of hydrogen-bond donors (Lipinski definition) is 0. The lowest BCUT2D eigenvalue weighted by atomic mass is 9.99. The topological polar surface area (TPSA) is 78.9 Å². The molecule has 0 bridgehead atoms. The van der Waals surface area contributed by atoms with E-state index >= 15 is 0 Å².